The molecule has 5 nitrogen and oxygen atoms in total. The molecule has 1 aromatic rings. The van der Waals surface area contributed by atoms with Crippen molar-refractivity contribution in [3.05, 3.63) is 18.0 Å². The molecular formula is C13H21BN2O3. The molecule has 0 aliphatic carbocycles. The van der Waals surface area contributed by atoms with Crippen LogP contribution in [0.25, 0.3) is 0 Å². The Bertz CT molecular complexity index is 461. The van der Waals surface area contributed by atoms with Gasteiger partial charge in [0.15, 0.2) is 0 Å². The quantitative estimate of drug-likeness (QED) is 0.828. The summed E-state index contributed by atoms with van der Waals surface area (Å²) in [4.78, 5) is 4.21. The Kier molecular flexibility index (Phi) is 3.60. The first-order valence-electron chi connectivity index (χ1n) is 6.36. The lowest BCUT2D eigenvalue weighted by molar-refractivity contribution is 0.00578. The van der Waals surface area contributed by atoms with Gasteiger partial charge in [-0.3, -0.25) is 4.98 Å². The first kappa shape index (κ1) is 14.3. The zero-order valence-corrected chi connectivity index (χ0v) is 12.2. The van der Waals surface area contributed by atoms with E-state index in [2.05, 4.69) is 4.98 Å². The molecule has 0 atom stereocenters. The summed E-state index contributed by atoms with van der Waals surface area (Å²) in [5.41, 5.74) is 7.40. The second kappa shape index (κ2) is 4.78. The van der Waals surface area contributed by atoms with Gasteiger partial charge in [-0.05, 0) is 33.8 Å². The summed E-state index contributed by atoms with van der Waals surface area (Å²) in [5.74, 6) is 0. The molecular weight excluding hydrogens is 243 g/mol. The molecule has 1 aliphatic rings. The third-order valence-corrected chi connectivity index (χ3v) is 3.82. The minimum atomic E-state index is -0.469. The van der Waals surface area contributed by atoms with Crippen molar-refractivity contribution in [3.63, 3.8) is 0 Å². The second-order valence-corrected chi connectivity index (χ2v) is 5.83. The van der Waals surface area contributed by atoms with E-state index in [4.69, 9.17) is 19.8 Å². The van der Waals surface area contributed by atoms with Gasteiger partial charge in [-0.25, -0.2) is 0 Å². The number of ether oxygens (including phenoxy) is 1. The molecule has 0 bridgehead atoms. The van der Waals surface area contributed by atoms with Crippen LogP contribution in [-0.2, 0) is 20.7 Å². The Hall–Kier alpha value is -1.11. The number of nitrogens with zero attached hydrogens (tertiary/aromatic N) is 1. The van der Waals surface area contributed by atoms with Gasteiger partial charge in [0.2, 0.25) is 0 Å². The lowest BCUT2D eigenvalue weighted by Crippen LogP contribution is -2.41. The highest BCUT2D eigenvalue weighted by Crippen LogP contribution is 2.36. The molecule has 6 heteroatoms. The SMILES string of the molecule is COCc1cc(B2OC(C)(C)C(C)(C)O2)c(N)cn1. The average molecular weight is 264 g/mol. The Labute approximate surface area is 114 Å². The van der Waals surface area contributed by atoms with Crippen LogP contribution in [0.5, 0.6) is 0 Å². The number of aromatic nitrogens is 1. The topological polar surface area (TPSA) is 66.6 Å². The molecule has 19 heavy (non-hydrogen) atoms. The van der Waals surface area contributed by atoms with Crippen molar-refractivity contribution >= 4 is 18.3 Å². The van der Waals surface area contributed by atoms with E-state index in [1.54, 1.807) is 13.3 Å². The standard InChI is InChI=1S/C13H21BN2O3/c1-12(2)13(3,4)19-14(18-12)10-6-9(8-17-5)16-7-11(10)15/h6-7H,8,15H2,1-5H3. The summed E-state index contributed by atoms with van der Waals surface area (Å²) in [7, 11) is 1.16. The number of pyridine rings is 1. The lowest BCUT2D eigenvalue weighted by Gasteiger charge is -2.32. The Balaban J connectivity index is 2.31. The summed E-state index contributed by atoms with van der Waals surface area (Å²) in [6, 6.07) is 1.88. The van der Waals surface area contributed by atoms with E-state index in [0.717, 1.165) is 11.2 Å². The fraction of sp³-hybridized carbons (Fsp3) is 0.615. The number of methoxy groups -OCH3 is 1. The van der Waals surface area contributed by atoms with Gasteiger partial charge in [-0.1, -0.05) is 0 Å². The maximum Gasteiger partial charge on any atom is 0.497 e. The molecule has 2 N–H and O–H groups in total. The van der Waals surface area contributed by atoms with Crippen molar-refractivity contribution in [2.24, 2.45) is 0 Å². The predicted molar refractivity (Wildman–Crippen MR) is 75.1 cm³/mol. The number of hydrogen-bond acceptors (Lipinski definition) is 5. The van der Waals surface area contributed by atoms with Gasteiger partial charge in [-0.15, -0.1) is 0 Å². The van der Waals surface area contributed by atoms with Crippen molar-refractivity contribution in [3.8, 4) is 0 Å². The molecule has 0 saturated carbocycles. The largest absolute Gasteiger partial charge is 0.497 e. The first-order chi connectivity index (χ1) is 8.77. The van der Waals surface area contributed by atoms with Crippen molar-refractivity contribution in [2.45, 2.75) is 45.5 Å². The van der Waals surface area contributed by atoms with Gasteiger partial charge in [0, 0.05) is 24.5 Å². The maximum absolute atomic E-state index is 5.99. The normalized spacial score (nSPS) is 20.8. The number of hydrogen-bond donors (Lipinski definition) is 1. The van der Waals surface area contributed by atoms with Crippen molar-refractivity contribution < 1.29 is 14.0 Å². The first-order valence-corrected chi connectivity index (χ1v) is 6.36. The number of nitrogen functional groups attached to an aromatic ring is 1. The van der Waals surface area contributed by atoms with Crippen LogP contribution < -0.4 is 11.2 Å². The summed E-state index contributed by atoms with van der Waals surface area (Å²) in [6.07, 6.45) is 1.62. The van der Waals surface area contributed by atoms with Crippen LogP contribution in [0.3, 0.4) is 0 Å². The molecule has 1 fully saturated rings. The van der Waals surface area contributed by atoms with Gasteiger partial charge in [0.1, 0.15) is 0 Å². The van der Waals surface area contributed by atoms with Crippen LogP contribution in [0, 0.1) is 0 Å². The highest BCUT2D eigenvalue weighted by atomic mass is 16.7. The number of nitrogens with two attached hydrogens (primary N) is 1. The molecule has 0 aromatic carbocycles. The van der Waals surface area contributed by atoms with Crippen molar-refractivity contribution in [1.29, 1.82) is 0 Å². The number of anilines is 1. The monoisotopic (exact) mass is 264 g/mol. The van der Waals surface area contributed by atoms with Gasteiger partial charge >= 0.3 is 7.12 Å². The highest BCUT2D eigenvalue weighted by molar-refractivity contribution is 6.63. The van der Waals surface area contributed by atoms with Gasteiger partial charge < -0.3 is 19.8 Å². The zero-order chi connectivity index (χ0) is 14.3. The van der Waals surface area contributed by atoms with E-state index in [1.165, 1.54) is 0 Å². The molecule has 1 saturated heterocycles. The molecule has 1 aliphatic heterocycles. The maximum atomic E-state index is 5.99. The molecule has 0 radical (unpaired) electrons. The molecule has 2 rings (SSSR count). The van der Waals surface area contributed by atoms with Gasteiger partial charge in [0.05, 0.1) is 23.5 Å². The van der Waals surface area contributed by atoms with E-state index < -0.39 is 7.12 Å². The Morgan fingerprint density at radius 2 is 1.84 bits per heavy atom. The molecule has 0 amide bonds. The van der Waals surface area contributed by atoms with Crippen LogP contribution in [0.4, 0.5) is 5.69 Å². The molecule has 1 aromatic heterocycles. The van der Waals surface area contributed by atoms with E-state index in [-0.39, 0.29) is 11.2 Å². The van der Waals surface area contributed by atoms with Crippen molar-refractivity contribution in [1.82, 2.24) is 4.98 Å². The van der Waals surface area contributed by atoms with Crippen LogP contribution in [0.2, 0.25) is 0 Å². The van der Waals surface area contributed by atoms with E-state index in [0.29, 0.717) is 12.3 Å². The van der Waals surface area contributed by atoms with E-state index in [1.807, 2.05) is 33.8 Å². The minimum absolute atomic E-state index is 0.380. The smallest absolute Gasteiger partial charge is 0.399 e. The van der Waals surface area contributed by atoms with E-state index >= 15 is 0 Å². The number of rotatable bonds is 3. The second-order valence-electron chi connectivity index (χ2n) is 5.83. The fourth-order valence-electron chi connectivity index (χ4n) is 1.93. The van der Waals surface area contributed by atoms with Crippen molar-refractivity contribution in [2.75, 3.05) is 12.8 Å². The zero-order valence-electron chi connectivity index (χ0n) is 12.2. The molecule has 0 unspecified atom stereocenters. The average Bonchev–Trinajstić information content (AvgIpc) is 2.51. The van der Waals surface area contributed by atoms with Crippen LogP contribution >= 0.6 is 0 Å². The van der Waals surface area contributed by atoms with Crippen LogP contribution in [0.15, 0.2) is 12.3 Å². The van der Waals surface area contributed by atoms with Crippen LogP contribution in [0.1, 0.15) is 33.4 Å². The van der Waals surface area contributed by atoms with Gasteiger partial charge in [0.25, 0.3) is 0 Å². The molecule has 2 heterocycles. The summed E-state index contributed by atoms with van der Waals surface area (Å²) < 4.78 is 17.1. The third-order valence-electron chi connectivity index (χ3n) is 3.82. The van der Waals surface area contributed by atoms with E-state index in [9.17, 15) is 0 Å². The highest BCUT2D eigenvalue weighted by Gasteiger charge is 2.52. The Morgan fingerprint density at radius 1 is 1.26 bits per heavy atom. The van der Waals surface area contributed by atoms with Gasteiger partial charge in [-0.2, -0.15) is 0 Å². The Morgan fingerprint density at radius 3 is 2.37 bits per heavy atom. The summed E-state index contributed by atoms with van der Waals surface area (Å²) in [5, 5.41) is 0. The summed E-state index contributed by atoms with van der Waals surface area (Å²) >= 11 is 0. The molecule has 104 valence electrons. The molecule has 0 spiro atoms. The van der Waals surface area contributed by atoms with Crippen LogP contribution in [-0.4, -0.2) is 30.4 Å². The minimum Gasteiger partial charge on any atom is -0.399 e. The summed E-state index contributed by atoms with van der Waals surface area (Å²) in [6.45, 7) is 8.49. The fourth-order valence-corrected chi connectivity index (χ4v) is 1.93. The lowest BCUT2D eigenvalue weighted by atomic mass is 9.78. The predicted octanol–water partition coefficient (Wildman–Crippen LogP) is 1.11. The third kappa shape index (κ3) is 2.61.